The lowest BCUT2D eigenvalue weighted by Gasteiger charge is -2.24. The van der Waals surface area contributed by atoms with Gasteiger partial charge >= 0.3 is 0 Å². The summed E-state index contributed by atoms with van der Waals surface area (Å²) in [6.45, 7) is 3.75. The first-order valence-electron chi connectivity index (χ1n) is 6.09. The number of anilines is 1. The van der Waals surface area contributed by atoms with Gasteiger partial charge in [-0.25, -0.2) is 0 Å². The number of nitrogens with one attached hydrogen (secondary N) is 1. The van der Waals surface area contributed by atoms with Gasteiger partial charge in [-0.3, -0.25) is 0 Å². The SMILES string of the molecule is COc1cccc(N2CC3COC(CN3)C2)c1. The van der Waals surface area contributed by atoms with E-state index in [0.717, 1.165) is 32.0 Å². The summed E-state index contributed by atoms with van der Waals surface area (Å²) in [5.74, 6) is 0.910. The number of benzene rings is 1. The summed E-state index contributed by atoms with van der Waals surface area (Å²) < 4.78 is 11.0. The first-order valence-corrected chi connectivity index (χ1v) is 6.09. The van der Waals surface area contributed by atoms with Gasteiger partial charge in [-0.1, -0.05) is 6.07 Å². The lowest BCUT2D eigenvalue weighted by molar-refractivity contribution is 0.0259. The van der Waals surface area contributed by atoms with E-state index < -0.39 is 0 Å². The van der Waals surface area contributed by atoms with Gasteiger partial charge in [0.1, 0.15) is 5.75 Å². The van der Waals surface area contributed by atoms with Crippen LogP contribution in [0.15, 0.2) is 24.3 Å². The average molecular weight is 234 g/mol. The van der Waals surface area contributed by atoms with Gasteiger partial charge in [0.2, 0.25) is 0 Å². The maximum Gasteiger partial charge on any atom is 0.120 e. The molecule has 3 heterocycles. The fraction of sp³-hybridized carbons (Fsp3) is 0.538. The zero-order valence-electron chi connectivity index (χ0n) is 10.1. The zero-order chi connectivity index (χ0) is 11.7. The van der Waals surface area contributed by atoms with Crippen LogP contribution in [0.1, 0.15) is 0 Å². The molecule has 0 aliphatic carbocycles. The van der Waals surface area contributed by atoms with Gasteiger partial charge in [0, 0.05) is 37.4 Å². The number of ether oxygens (including phenoxy) is 2. The van der Waals surface area contributed by atoms with E-state index in [1.807, 2.05) is 12.1 Å². The number of methoxy groups -OCH3 is 1. The van der Waals surface area contributed by atoms with Crippen molar-refractivity contribution in [3.8, 4) is 5.75 Å². The molecule has 0 amide bonds. The van der Waals surface area contributed by atoms with Crippen LogP contribution in [0.4, 0.5) is 5.69 Å². The van der Waals surface area contributed by atoms with Crippen LogP contribution in [-0.4, -0.2) is 45.5 Å². The van der Waals surface area contributed by atoms with Crippen LogP contribution in [0.3, 0.4) is 0 Å². The second kappa shape index (κ2) is 4.55. The van der Waals surface area contributed by atoms with Crippen molar-refractivity contribution in [1.82, 2.24) is 5.32 Å². The quantitative estimate of drug-likeness (QED) is 0.823. The third kappa shape index (κ3) is 2.23. The zero-order valence-corrected chi connectivity index (χ0v) is 10.1. The number of hydrogen-bond donors (Lipinski definition) is 1. The Hall–Kier alpha value is -1.26. The molecule has 3 saturated heterocycles. The summed E-state index contributed by atoms with van der Waals surface area (Å²) in [7, 11) is 1.70. The molecule has 3 fully saturated rings. The minimum atomic E-state index is 0.306. The van der Waals surface area contributed by atoms with E-state index in [4.69, 9.17) is 9.47 Å². The molecule has 2 unspecified atom stereocenters. The van der Waals surface area contributed by atoms with Crippen molar-refractivity contribution < 1.29 is 9.47 Å². The van der Waals surface area contributed by atoms with Crippen molar-refractivity contribution in [3.63, 3.8) is 0 Å². The molecule has 17 heavy (non-hydrogen) atoms. The molecule has 0 saturated carbocycles. The lowest BCUT2D eigenvalue weighted by atomic mass is 10.2. The molecule has 4 heteroatoms. The molecule has 0 aromatic heterocycles. The summed E-state index contributed by atoms with van der Waals surface area (Å²) in [5.41, 5.74) is 1.22. The maximum atomic E-state index is 5.77. The highest BCUT2D eigenvalue weighted by molar-refractivity contribution is 5.51. The number of fused-ring (bicyclic) bond motifs is 4. The minimum Gasteiger partial charge on any atom is -0.497 e. The largest absolute Gasteiger partial charge is 0.497 e. The number of hydrogen-bond acceptors (Lipinski definition) is 4. The van der Waals surface area contributed by atoms with Gasteiger partial charge in [0.15, 0.2) is 0 Å². The average Bonchev–Trinajstić information content (AvgIpc) is 2.72. The van der Waals surface area contributed by atoms with Gasteiger partial charge in [-0.15, -0.1) is 0 Å². The van der Waals surface area contributed by atoms with Gasteiger partial charge in [0.25, 0.3) is 0 Å². The van der Waals surface area contributed by atoms with Gasteiger partial charge in [-0.2, -0.15) is 0 Å². The number of morpholine rings is 1. The van der Waals surface area contributed by atoms with Crippen LogP contribution < -0.4 is 15.0 Å². The summed E-state index contributed by atoms with van der Waals surface area (Å²) in [6, 6.07) is 8.68. The predicted molar refractivity (Wildman–Crippen MR) is 66.7 cm³/mol. The summed E-state index contributed by atoms with van der Waals surface area (Å²) >= 11 is 0. The van der Waals surface area contributed by atoms with Crippen LogP contribution in [0.2, 0.25) is 0 Å². The molecule has 1 N–H and O–H groups in total. The van der Waals surface area contributed by atoms with Crippen molar-refractivity contribution in [2.75, 3.05) is 38.3 Å². The Morgan fingerprint density at radius 3 is 3.12 bits per heavy atom. The van der Waals surface area contributed by atoms with Crippen LogP contribution in [0.5, 0.6) is 5.75 Å². The molecule has 92 valence electrons. The Balaban J connectivity index is 1.83. The molecule has 3 aliphatic heterocycles. The van der Waals surface area contributed by atoms with Gasteiger partial charge in [-0.05, 0) is 12.1 Å². The molecule has 2 bridgehead atoms. The first kappa shape index (κ1) is 10.9. The molecule has 2 atom stereocenters. The second-order valence-corrected chi connectivity index (χ2v) is 4.67. The molecular formula is C13H18N2O2. The lowest BCUT2D eigenvalue weighted by Crippen LogP contribution is -2.45. The van der Waals surface area contributed by atoms with Crippen molar-refractivity contribution in [3.05, 3.63) is 24.3 Å². The predicted octanol–water partition coefficient (Wildman–Crippen LogP) is 0.872. The fourth-order valence-corrected chi connectivity index (χ4v) is 2.51. The van der Waals surface area contributed by atoms with E-state index in [-0.39, 0.29) is 0 Å². The Kier molecular flexibility index (Phi) is 2.91. The molecule has 1 aromatic carbocycles. The fourth-order valence-electron chi connectivity index (χ4n) is 2.51. The standard InChI is InChI=1S/C13H18N2O2/c1-16-12-4-2-3-11(5-12)15-7-10-9-17-13(8-15)6-14-10/h2-5,10,13-14H,6-9H2,1H3. The van der Waals surface area contributed by atoms with E-state index in [9.17, 15) is 0 Å². The molecule has 1 aromatic rings. The number of nitrogens with zero attached hydrogens (tertiary/aromatic N) is 1. The third-order valence-corrected chi connectivity index (χ3v) is 3.45. The van der Waals surface area contributed by atoms with Crippen LogP contribution in [-0.2, 0) is 4.74 Å². The van der Waals surface area contributed by atoms with E-state index >= 15 is 0 Å². The van der Waals surface area contributed by atoms with E-state index in [1.54, 1.807) is 7.11 Å². The minimum absolute atomic E-state index is 0.306. The van der Waals surface area contributed by atoms with Crippen molar-refractivity contribution in [2.45, 2.75) is 12.1 Å². The van der Waals surface area contributed by atoms with Crippen LogP contribution >= 0.6 is 0 Å². The first-order chi connectivity index (χ1) is 8.35. The Labute approximate surface area is 102 Å². The number of rotatable bonds is 2. The van der Waals surface area contributed by atoms with Crippen LogP contribution in [0, 0.1) is 0 Å². The molecule has 3 aliphatic rings. The van der Waals surface area contributed by atoms with Crippen molar-refractivity contribution >= 4 is 5.69 Å². The summed E-state index contributed by atoms with van der Waals surface area (Å²) in [4.78, 5) is 2.38. The monoisotopic (exact) mass is 234 g/mol. The third-order valence-electron chi connectivity index (χ3n) is 3.45. The van der Waals surface area contributed by atoms with Crippen molar-refractivity contribution in [1.29, 1.82) is 0 Å². The normalized spacial score (nSPS) is 27.9. The van der Waals surface area contributed by atoms with E-state index in [1.165, 1.54) is 5.69 Å². The highest BCUT2D eigenvalue weighted by atomic mass is 16.5. The molecule has 0 radical (unpaired) electrons. The Morgan fingerprint density at radius 1 is 1.41 bits per heavy atom. The Bertz CT molecular complexity index is 375. The summed E-state index contributed by atoms with van der Waals surface area (Å²) in [6.07, 6.45) is 0.306. The van der Waals surface area contributed by atoms with Crippen molar-refractivity contribution in [2.24, 2.45) is 0 Å². The molecule has 4 rings (SSSR count). The maximum absolute atomic E-state index is 5.77. The van der Waals surface area contributed by atoms with Crippen LogP contribution in [0.25, 0.3) is 0 Å². The van der Waals surface area contributed by atoms with E-state index in [0.29, 0.717) is 12.1 Å². The smallest absolute Gasteiger partial charge is 0.120 e. The Morgan fingerprint density at radius 2 is 2.35 bits per heavy atom. The topological polar surface area (TPSA) is 33.7 Å². The molecular weight excluding hydrogens is 216 g/mol. The molecule has 0 spiro atoms. The summed E-state index contributed by atoms with van der Waals surface area (Å²) in [5, 5.41) is 3.51. The van der Waals surface area contributed by atoms with E-state index in [2.05, 4.69) is 22.3 Å². The molecule has 4 nitrogen and oxygen atoms in total. The highest BCUT2D eigenvalue weighted by Crippen LogP contribution is 2.24. The second-order valence-electron chi connectivity index (χ2n) is 4.67. The highest BCUT2D eigenvalue weighted by Gasteiger charge is 2.29. The van der Waals surface area contributed by atoms with Gasteiger partial charge < -0.3 is 19.7 Å². The van der Waals surface area contributed by atoms with Gasteiger partial charge in [0.05, 0.1) is 19.8 Å².